The van der Waals surface area contributed by atoms with Crippen molar-refractivity contribution in [3.8, 4) is 5.75 Å². The minimum Gasteiger partial charge on any atom is -0.492 e. The lowest BCUT2D eigenvalue weighted by Gasteiger charge is -2.28. The third-order valence-corrected chi connectivity index (χ3v) is 4.21. The highest BCUT2D eigenvalue weighted by molar-refractivity contribution is 5.26. The van der Waals surface area contributed by atoms with Crippen LogP contribution in [0, 0.1) is 5.92 Å². The Labute approximate surface area is 122 Å². The Morgan fingerprint density at radius 2 is 1.95 bits per heavy atom. The molecule has 4 nitrogen and oxygen atoms in total. The second-order valence-electron chi connectivity index (χ2n) is 5.64. The summed E-state index contributed by atoms with van der Waals surface area (Å²) in [5, 5.41) is 0. The monoisotopic (exact) mass is 277 g/mol. The van der Waals surface area contributed by atoms with Crippen LogP contribution in [0.1, 0.15) is 63.5 Å². The molecule has 3 N–H and O–H groups in total. The number of hydrogen-bond acceptors (Lipinski definition) is 4. The second-order valence-corrected chi connectivity index (χ2v) is 5.64. The number of hydrogen-bond donors (Lipinski definition) is 2. The third-order valence-electron chi connectivity index (χ3n) is 4.21. The van der Waals surface area contributed by atoms with Crippen molar-refractivity contribution in [2.75, 3.05) is 6.61 Å². The van der Waals surface area contributed by atoms with Crippen LogP contribution in [0.2, 0.25) is 0 Å². The van der Waals surface area contributed by atoms with E-state index in [1.807, 2.05) is 13.1 Å². The van der Waals surface area contributed by atoms with E-state index in [-0.39, 0.29) is 6.04 Å². The summed E-state index contributed by atoms with van der Waals surface area (Å²) in [4.78, 5) is 4.29. The summed E-state index contributed by atoms with van der Waals surface area (Å²) in [7, 11) is 0. The van der Waals surface area contributed by atoms with Crippen LogP contribution in [0.3, 0.4) is 0 Å². The predicted octanol–water partition coefficient (Wildman–Crippen LogP) is 3.35. The number of ether oxygens (including phenoxy) is 1. The van der Waals surface area contributed by atoms with Crippen molar-refractivity contribution in [2.24, 2.45) is 11.8 Å². The highest BCUT2D eigenvalue weighted by atomic mass is 16.5. The van der Waals surface area contributed by atoms with Gasteiger partial charge in [0.05, 0.1) is 18.8 Å². The molecular weight excluding hydrogens is 250 g/mol. The molecule has 4 heteroatoms. The highest BCUT2D eigenvalue weighted by Gasteiger charge is 2.23. The Bertz CT molecular complexity index is 389. The topological polar surface area (TPSA) is 60.2 Å². The molecule has 1 heterocycles. The van der Waals surface area contributed by atoms with Crippen molar-refractivity contribution in [3.63, 3.8) is 0 Å². The van der Waals surface area contributed by atoms with E-state index in [0.717, 1.165) is 11.3 Å². The maximum Gasteiger partial charge on any atom is 0.137 e. The maximum atomic E-state index is 5.83. The molecule has 0 spiro atoms. The fourth-order valence-corrected chi connectivity index (χ4v) is 3.18. The summed E-state index contributed by atoms with van der Waals surface area (Å²) < 4.78 is 5.54. The van der Waals surface area contributed by atoms with E-state index in [9.17, 15) is 0 Å². The van der Waals surface area contributed by atoms with Crippen LogP contribution in [-0.4, -0.2) is 11.6 Å². The molecule has 0 amide bonds. The van der Waals surface area contributed by atoms with Gasteiger partial charge in [0.25, 0.3) is 0 Å². The van der Waals surface area contributed by atoms with Crippen molar-refractivity contribution in [2.45, 2.75) is 57.9 Å². The van der Waals surface area contributed by atoms with Gasteiger partial charge in [-0.05, 0) is 37.3 Å². The van der Waals surface area contributed by atoms with Crippen LogP contribution in [0.4, 0.5) is 0 Å². The van der Waals surface area contributed by atoms with E-state index in [1.54, 1.807) is 6.20 Å². The Kier molecular flexibility index (Phi) is 6.27. The van der Waals surface area contributed by atoms with E-state index < -0.39 is 0 Å². The average molecular weight is 277 g/mol. The molecule has 0 aromatic carbocycles. The average Bonchev–Trinajstić information content (AvgIpc) is 2.42. The fourth-order valence-electron chi connectivity index (χ4n) is 3.18. The smallest absolute Gasteiger partial charge is 0.137 e. The van der Waals surface area contributed by atoms with Gasteiger partial charge in [0.2, 0.25) is 0 Å². The summed E-state index contributed by atoms with van der Waals surface area (Å²) in [6.07, 6.45) is 12.9. The van der Waals surface area contributed by atoms with E-state index in [2.05, 4.69) is 16.5 Å². The van der Waals surface area contributed by atoms with Gasteiger partial charge in [-0.15, -0.1) is 0 Å². The number of nitrogens with one attached hydrogen (secondary N) is 1. The molecule has 1 aliphatic rings. The summed E-state index contributed by atoms with van der Waals surface area (Å²) in [6.45, 7) is 2.65. The lowest BCUT2D eigenvalue weighted by atomic mass is 9.83. The SMILES string of the molecule is CCOc1cncc(C(NN)C2CCCCCCC2)c1. The Morgan fingerprint density at radius 3 is 2.60 bits per heavy atom. The Hall–Kier alpha value is -1.13. The molecular formula is C16H27N3O. The number of hydrazine groups is 1. The zero-order valence-corrected chi connectivity index (χ0v) is 12.5. The van der Waals surface area contributed by atoms with E-state index >= 15 is 0 Å². The van der Waals surface area contributed by atoms with Gasteiger partial charge in [-0.3, -0.25) is 16.3 Å². The molecule has 0 bridgehead atoms. The van der Waals surface area contributed by atoms with Gasteiger partial charge in [-0.25, -0.2) is 0 Å². The van der Waals surface area contributed by atoms with Gasteiger partial charge in [-0.2, -0.15) is 0 Å². The van der Waals surface area contributed by atoms with Crippen LogP contribution >= 0.6 is 0 Å². The lowest BCUT2D eigenvalue weighted by Crippen LogP contribution is -2.34. The third kappa shape index (κ3) is 4.18. The van der Waals surface area contributed by atoms with Crippen LogP contribution in [0.15, 0.2) is 18.5 Å². The minimum absolute atomic E-state index is 0.181. The predicted molar refractivity (Wildman–Crippen MR) is 81.3 cm³/mol. The van der Waals surface area contributed by atoms with Gasteiger partial charge in [0.1, 0.15) is 5.75 Å². The van der Waals surface area contributed by atoms with Crippen LogP contribution in [0.5, 0.6) is 5.75 Å². The molecule has 1 aromatic rings. The molecule has 1 aliphatic carbocycles. The van der Waals surface area contributed by atoms with Crippen LogP contribution in [0.25, 0.3) is 0 Å². The molecule has 112 valence electrons. The maximum absolute atomic E-state index is 5.83. The second kappa shape index (κ2) is 8.22. The van der Waals surface area contributed by atoms with Gasteiger partial charge in [0.15, 0.2) is 0 Å². The van der Waals surface area contributed by atoms with Gasteiger partial charge >= 0.3 is 0 Å². The number of nitrogens with zero attached hydrogens (tertiary/aromatic N) is 1. The number of aromatic nitrogens is 1. The van der Waals surface area contributed by atoms with Crippen molar-refractivity contribution >= 4 is 0 Å². The molecule has 1 unspecified atom stereocenters. The quantitative estimate of drug-likeness (QED) is 0.640. The molecule has 2 rings (SSSR count). The van der Waals surface area contributed by atoms with E-state index in [4.69, 9.17) is 10.6 Å². The molecule has 1 aromatic heterocycles. The number of pyridine rings is 1. The normalized spacial score (nSPS) is 19.1. The first-order valence-electron chi connectivity index (χ1n) is 7.89. The molecule has 1 atom stereocenters. The first-order chi connectivity index (χ1) is 9.85. The van der Waals surface area contributed by atoms with Crippen molar-refractivity contribution in [1.29, 1.82) is 0 Å². The van der Waals surface area contributed by atoms with Crippen LogP contribution in [-0.2, 0) is 0 Å². The first-order valence-corrected chi connectivity index (χ1v) is 7.89. The lowest BCUT2D eigenvalue weighted by molar-refractivity contribution is 0.288. The zero-order valence-electron chi connectivity index (χ0n) is 12.5. The standard InChI is InChI=1S/C16H27N3O/c1-2-20-15-10-14(11-18-12-15)16(19-17)13-8-6-4-3-5-7-9-13/h10-13,16,19H,2-9,17H2,1H3. The number of nitrogens with two attached hydrogens (primary N) is 1. The summed E-state index contributed by atoms with van der Waals surface area (Å²) in [5.74, 6) is 7.26. The van der Waals surface area contributed by atoms with E-state index in [1.165, 1.54) is 44.9 Å². The summed E-state index contributed by atoms with van der Waals surface area (Å²) in [6, 6.07) is 2.25. The fraction of sp³-hybridized carbons (Fsp3) is 0.688. The first kappa shape index (κ1) is 15.3. The molecule has 20 heavy (non-hydrogen) atoms. The van der Waals surface area contributed by atoms with Crippen molar-refractivity contribution < 1.29 is 4.74 Å². The van der Waals surface area contributed by atoms with E-state index in [0.29, 0.717) is 12.5 Å². The summed E-state index contributed by atoms with van der Waals surface area (Å²) >= 11 is 0. The molecule has 1 saturated carbocycles. The Balaban J connectivity index is 2.10. The molecule has 0 radical (unpaired) electrons. The van der Waals surface area contributed by atoms with Gasteiger partial charge < -0.3 is 4.74 Å². The molecule has 1 fully saturated rings. The number of rotatable bonds is 5. The van der Waals surface area contributed by atoms with Crippen molar-refractivity contribution in [3.05, 3.63) is 24.0 Å². The minimum atomic E-state index is 0.181. The van der Waals surface area contributed by atoms with Crippen molar-refractivity contribution in [1.82, 2.24) is 10.4 Å². The zero-order chi connectivity index (χ0) is 14.2. The molecule has 0 saturated heterocycles. The summed E-state index contributed by atoms with van der Waals surface area (Å²) in [5.41, 5.74) is 4.15. The highest BCUT2D eigenvalue weighted by Crippen LogP contribution is 2.33. The largest absolute Gasteiger partial charge is 0.492 e. The van der Waals surface area contributed by atoms with Gasteiger partial charge in [-0.1, -0.05) is 32.1 Å². The Morgan fingerprint density at radius 1 is 1.25 bits per heavy atom. The van der Waals surface area contributed by atoms with Crippen LogP contribution < -0.4 is 16.0 Å². The van der Waals surface area contributed by atoms with Gasteiger partial charge in [0, 0.05) is 6.20 Å². The molecule has 0 aliphatic heterocycles.